The third-order valence-electron chi connectivity index (χ3n) is 4.78. The van der Waals surface area contributed by atoms with E-state index in [0.717, 1.165) is 11.1 Å². The summed E-state index contributed by atoms with van der Waals surface area (Å²) < 4.78 is 10.6. The second-order valence-corrected chi connectivity index (χ2v) is 7.07. The standard InChI is InChI=1S/C20H19ClN2O4/c21-16-4-2-1-3-13(16)10-23-20(25)15-8-14(15)19(24)22-9-12-5-6-17-18(7-12)27-11-26-17/h1-7,14-15H,8-11H2,(H,22,24)(H,23,25). The molecule has 2 aromatic rings. The van der Waals surface area contributed by atoms with Crippen LogP contribution in [0.1, 0.15) is 17.5 Å². The van der Waals surface area contributed by atoms with E-state index < -0.39 is 0 Å². The van der Waals surface area contributed by atoms with Gasteiger partial charge in [-0.2, -0.15) is 0 Å². The molecule has 6 nitrogen and oxygen atoms in total. The zero-order valence-electron chi connectivity index (χ0n) is 14.5. The number of amides is 2. The highest BCUT2D eigenvalue weighted by Crippen LogP contribution is 2.39. The molecule has 2 amide bonds. The van der Waals surface area contributed by atoms with Crippen LogP contribution in [0.4, 0.5) is 0 Å². The highest BCUT2D eigenvalue weighted by Gasteiger charge is 2.47. The predicted molar refractivity (Wildman–Crippen MR) is 99.3 cm³/mol. The summed E-state index contributed by atoms with van der Waals surface area (Å²) in [6.07, 6.45) is 0.571. The van der Waals surface area contributed by atoms with Gasteiger partial charge in [-0.25, -0.2) is 0 Å². The van der Waals surface area contributed by atoms with Crippen LogP contribution >= 0.6 is 11.6 Å². The normalized spacial score (nSPS) is 19.4. The lowest BCUT2D eigenvalue weighted by atomic mass is 10.2. The van der Waals surface area contributed by atoms with E-state index >= 15 is 0 Å². The summed E-state index contributed by atoms with van der Waals surface area (Å²) >= 11 is 6.08. The third-order valence-corrected chi connectivity index (χ3v) is 5.15. The summed E-state index contributed by atoms with van der Waals surface area (Å²) in [7, 11) is 0. The molecule has 27 heavy (non-hydrogen) atoms. The SMILES string of the molecule is O=C(NCc1ccc2c(c1)OCO2)C1CC1C(=O)NCc1ccccc1Cl. The van der Waals surface area contributed by atoms with Crippen LogP contribution in [0.15, 0.2) is 42.5 Å². The van der Waals surface area contributed by atoms with Crippen molar-refractivity contribution < 1.29 is 19.1 Å². The monoisotopic (exact) mass is 386 g/mol. The molecular formula is C20H19ClN2O4. The van der Waals surface area contributed by atoms with Crippen LogP contribution in [0.5, 0.6) is 11.5 Å². The van der Waals surface area contributed by atoms with Crippen LogP contribution in [0, 0.1) is 11.8 Å². The van der Waals surface area contributed by atoms with Crippen molar-refractivity contribution in [3.05, 3.63) is 58.6 Å². The Morgan fingerprint density at radius 1 is 0.963 bits per heavy atom. The van der Waals surface area contributed by atoms with Gasteiger partial charge in [0.1, 0.15) is 0 Å². The lowest BCUT2D eigenvalue weighted by molar-refractivity contribution is -0.127. The molecule has 1 fully saturated rings. The van der Waals surface area contributed by atoms with Crippen LogP contribution in [0.3, 0.4) is 0 Å². The van der Waals surface area contributed by atoms with Crippen LogP contribution in [-0.2, 0) is 22.7 Å². The molecule has 0 radical (unpaired) electrons. The fraction of sp³-hybridized carbons (Fsp3) is 0.300. The van der Waals surface area contributed by atoms with Crippen molar-refractivity contribution in [3.63, 3.8) is 0 Å². The first-order valence-electron chi connectivity index (χ1n) is 8.79. The van der Waals surface area contributed by atoms with Crippen LogP contribution in [0.25, 0.3) is 0 Å². The van der Waals surface area contributed by atoms with Gasteiger partial charge in [0.15, 0.2) is 11.5 Å². The number of hydrogen-bond donors (Lipinski definition) is 2. The van der Waals surface area contributed by atoms with E-state index in [9.17, 15) is 9.59 Å². The van der Waals surface area contributed by atoms with E-state index in [0.29, 0.717) is 36.0 Å². The molecule has 2 unspecified atom stereocenters. The minimum Gasteiger partial charge on any atom is -0.454 e. The second kappa shape index (κ2) is 7.48. The van der Waals surface area contributed by atoms with Gasteiger partial charge in [0.2, 0.25) is 18.6 Å². The minimum absolute atomic E-state index is 0.106. The van der Waals surface area contributed by atoms with Gasteiger partial charge in [0, 0.05) is 18.1 Å². The molecule has 4 rings (SSSR count). The van der Waals surface area contributed by atoms with E-state index in [1.165, 1.54) is 0 Å². The van der Waals surface area contributed by atoms with Crippen molar-refractivity contribution >= 4 is 23.4 Å². The van der Waals surface area contributed by atoms with E-state index in [1.807, 2.05) is 36.4 Å². The molecule has 7 heteroatoms. The lowest BCUT2D eigenvalue weighted by Crippen LogP contribution is -2.29. The van der Waals surface area contributed by atoms with Gasteiger partial charge in [-0.15, -0.1) is 0 Å². The summed E-state index contributed by atoms with van der Waals surface area (Å²) in [5, 5.41) is 6.36. The smallest absolute Gasteiger partial charge is 0.231 e. The fourth-order valence-corrected chi connectivity index (χ4v) is 3.30. The molecule has 2 N–H and O–H groups in total. The average molecular weight is 387 g/mol. The molecule has 1 heterocycles. The molecule has 1 saturated carbocycles. The maximum absolute atomic E-state index is 12.3. The molecule has 140 valence electrons. The molecule has 0 bridgehead atoms. The number of nitrogens with one attached hydrogen (secondary N) is 2. The maximum Gasteiger partial charge on any atom is 0.231 e. The lowest BCUT2D eigenvalue weighted by Gasteiger charge is -2.08. The maximum atomic E-state index is 12.3. The Morgan fingerprint density at radius 3 is 2.44 bits per heavy atom. The first-order chi connectivity index (χ1) is 13.1. The molecule has 1 aliphatic carbocycles. The fourth-order valence-electron chi connectivity index (χ4n) is 3.10. The molecule has 0 saturated heterocycles. The van der Waals surface area contributed by atoms with Crippen LogP contribution in [-0.4, -0.2) is 18.6 Å². The van der Waals surface area contributed by atoms with Gasteiger partial charge in [-0.3, -0.25) is 9.59 Å². The molecular weight excluding hydrogens is 368 g/mol. The molecule has 2 aromatic carbocycles. The highest BCUT2D eigenvalue weighted by molar-refractivity contribution is 6.31. The van der Waals surface area contributed by atoms with Crippen molar-refractivity contribution in [2.45, 2.75) is 19.5 Å². The number of halogens is 1. The quantitative estimate of drug-likeness (QED) is 0.800. The summed E-state index contributed by atoms with van der Waals surface area (Å²) in [6, 6.07) is 12.9. The minimum atomic E-state index is -0.274. The first kappa shape index (κ1) is 17.7. The van der Waals surface area contributed by atoms with E-state index in [-0.39, 0.29) is 30.4 Å². The highest BCUT2D eigenvalue weighted by atomic mass is 35.5. The average Bonchev–Trinajstić information content (AvgIpc) is 3.35. The van der Waals surface area contributed by atoms with Gasteiger partial charge in [-0.1, -0.05) is 35.9 Å². The molecule has 2 aliphatic rings. The Kier molecular flexibility index (Phi) is 4.90. The summed E-state index contributed by atoms with van der Waals surface area (Å²) in [5.41, 5.74) is 1.78. The van der Waals surface area contributed by atoms with Crippen molar-refractivity contribution in [2.24, 2.45) is 11.8 Å². The van der Waals surface area contributed by atoms with Gasteiger partial charge < -0.3 is 20.1 Å². The topological polar surface area (TPSA) is 76.7 Å². The number of rotatable bonds is 6. The third kappa shape index (κ3) is 4.01. The van der Waals surface area contributed by atoms with Crippen molar-refractivity contribution in [1.29, 1.82) is 0 Å². The number of hydrogen-bond acceptors (Lipinski definition) is 4. The van der Waals surface area contributed by atoms with Crippen molar-refractivity contribution in [2.75, 3.05) is 6.79 Å². The summed E-state index contributed by atoms with van der Waals surface area (Å²) in [6.45, 7) is 0.971. The number of ether oxygens (including phenoxy) is 2. The zero-order valence-corrected chi connectivity index (χ0v) is 15.3. The Labute approximate surface area is 161 Å². The number of fused-ring (bicyclic) bond motifs is 1. The van der Waals surface area contributed by atoms with Gasteiger partial charge in [-0.05, 0) is 35.7 Å². The van der Waals surface area contributed by atoms with E-state index in [1.54, 1.807) is 6.07 Å². The van der Waals surface area contributed by atoms with Crippen molar-refractivity contribution in [3.8, 4) is 11.5 Å². The Morgan fingerprint density at radius 2 is 1.67 bits per heavy atom. The van der Waals surface area contributed by atoms with Crippen LogP contribution in [0.2, 0.25) is 5.02 Å². The number of benzene rings is 2. The van der Waals surface area contributed by atoms with E-state index in [2.05, 4.69) is 10.6 Å². The largest absolute Gasteiger partial charge is 0.454 e. The Hall–Kier alpha value is -2.73. The van der Waals surface area contributed by atoms with Gasteiger partial charge in [0.25, 0.3) is 0 Å². The molecule has 0 aromatic heterocycles. The Balaban J connectivity index is 1.24. The Bertz CT molecular complexity index is 886. The van der Waals surface area contributed by atoms with Crippen LogP contribution < -0.4 is 20.1 Å². The number of carbonyl (C=O) groups excluding carboxylic acids is 2. The molecule has 0 spiro atoms. The van der Waals surface area contributed by atoms with Gasteiger partial charge in [0.05, 0.1) is 11.8 Å². The predicted octanol–water partition coefficient (Wildman–Crippen LogP) is 2.64. The zero-order chi connectivity index (χ0) is 18.8. The first-order valence-corrected chi connectivity index (χ1v) is 9.17. The van der Waals surface area contributed by atoms with Gasteiger partial charge >= 0.3 is 0 Å². The number of carbonyl (C=O) groups is 2. The van der Waals surface area contributed by atoms with Crippen molar-refractivity contribution in [1.82, 2.24) is 10.6 Å². The molecule has 1 aliphatic heterocycles. The summed E-state index contributed by atoms with van der Waals surface area (Å²) in [5.74, 6) is 0.630. The van der Waals surface area contributed by atoms with E-state index in [4.69, 9.17) is 21.1 Å². The molecule has 2 atom stereocenters. The second-order valence-electron chi connectivity index (χ2n) is 6.66. The summed E-state index contributed by atoms with van der Waals surface area (Å²) in [4.78, 5) is 24.5.